The van der Waals surface area contributed by atoms with Gasteiger partial charge in [-0.05, 0) is 42.1 Å². The Bertz CT molecular complexity index is 628. The van der Waals surface area contributed by atoms with Gasteiger partial charge in [0.15, 0.2) is 0 Å². The van der Waals surface area contributed by atoms with Gasteiger partial charge in [0.05, 0.1) is 10.0 Å². The molecule has 0 amide bonds. The number of hydrogen-bond acceptors (Lipinski definition) is 3. The molecule has 21 heavy (non-hydrogen) atoms. The fraction of sp³-hybridized carbons (Fsp3) is 0.375. The molecule has 2 heterocycles. The number of fused-ring (bicyclic) bond motifs is 1. The molecule has 0 radical (unpaired) electrons. The molecule has 1 aromatic heterocycles. The average Bonchev–Trinajstić information content (AvgIpc) is 2.88. The number of ether oxygens (including phenoxy) is 1. The summed E-state index contributed by atoms with van der Waals surface area (Å²) in [6.07, 6.45) is 1.15. The van der Waals surface area contributed by atoms with Crippen LogP contribution in [0.15, 0.2) is 29.6 Å². The monoisotopic (exact) mass is 341 g/mol. The molecule has 0 spiro atoms. The van der Waals surface area contributed by atoms with Crippen molar-refractivity contribution in [1.82, 2.24) is 4.90 Å². The van der Waals surface area contributed by atoms with Crippen LogP contribution in [-0.4, -0.2) is 24.5 Å². The van der Waals surface area contributed by atoms with Crippen LogP contribution in [0.5, 0.6) is 5.75 Å². The fourth-order valence-electron chi connectivity index (χ4n) is 2.62. The van der Waals surface area contributed by atoms with Gasteiger partial charge in [0, 0.05) is 24.0 Å². The van der Waals surface area contributed by atoms with Crippen molar-refractivity contribution in [3.8, 4) is 5.75 Å². The van der Waals surface area contributed by atoms with Crippen molar-refractivity contribution >= 4 is 34.5 Å². The Morgan fingerprint density at radius 1 is 1.29 bits per heavy atom. The Kier molecular flexibility index (Phi) is 4.75. The summed E-state index contributed by atoms with van der Waals surface area (Å²) < 4.78 is 6.21. The minimum atomic E-state index is 0.0553. The second-order valence-corrected chi connectivity index (χ2v) is 6.90. The Labute approximate surface area is 139 Å². The van der Waals surface area contributed by atoms with Gasteiger partial charge in [-0.2, -0.15) is 0 Å². The van der Waals surface area contributed by atoms with Crippen LogP contribution in [0.1, 0.15) is 23.5 Å². The van der Waals surface area contributed by atoms with E-state index in [4.69, 9.17) is 27.9 Å². The Balaban J connectivity index is 1.86. The topological polar surface area (TPSA) is 12.5 Å². The molecule has 1 atom stereocenters. The first-order valence-electron chi connectivity index (χ1n) is 7.07. The van der Waals surface area contributed by atoms with Crippen LogP contribution >= 0.6 is 34.5 Å². The summed E-state index contributed by atoms with van der Waals surface area (Å²) in [5.74, 6) is 0.770. The van der Waals surface area contributed by atoms with Gasteiger partial charge in [-0.25, -0.2) is 0 Å². The largest absolute Gasteiger partial charge is 0.483 e. The number of nitrogens with zero attached hydrogens (tertiary/aromatic N) is 1. The summed E-state index contributed by atoms with van der Waals surface area (Å²) in [5.41, 5.74) is 1.40. The fourth-order valence-corrected chi connectivity index (χ4v) is 3.88. The van der Waals surface area contributed by atoms with Crippen LogP contribution in [0.25, 0.3) is 0 Å². The standard InChI is InChI=1S/C16H17Cl2NOS/c1-2-19-7-5-11-6-8-21-16(11)15(10-19)20-12-3-4-13(17)14(18)9-12/h3-4,6,8-9,15H,2,5,7,10H2,1H3. The maximum Gasteiger partial charge on any atom is 0.146 e. The van der Waals surface area contributed by atoms with Gasteiger partial charge in [0.1, 0.15) is 11.9 Å². The summed E-state index contributed by atoms with van der Waals surface area (Å²) in [5, 5.41) is 3.23. The summed E-state index contributed by atoms with van der Waals surface area (Å²) in [6.45, 7) is 5.22. The number of rotatable bonds is 3. The highest BCUT2D eigenvalue weighted by atomic mass is 35.5. The first-order chi connectivity index (χ1) is 10.2. The first kappa shape index (κ1) is 15.2. The van der Waals surface area contributed by atoms with E-state index in [1.807, 2.05) is 6.07 Å². The van der Waals surface area contributed by atoms with Gasteiger partial charge in [0.25, 0.3) is 0 Å². The molecule has 0 bridgehead atoms. The van der Waals surface area contributed by atoms with Crippen LogP contribution in [0, 0.1) is 0 Å². The second kappa shape index (κ2) is 6.57. The molecule has 112 valence electrons. The molecule has 0 aliphatic carbocycles. The minimum absolute atomic E-state index is 0.0553. The maximum absolute atomic E-state index is 6.21. The second-order valence-electron chi connectivity index (χ2n) is 5.14. The van der Waals surface area contributed by atoms with Crippen molar-refractivity contribution in [1.29, 1.82) is 0 Å². The summed E-state index contributed by atoms with van der Waals surface area (Å²) in [6, 6.07) is 7.66. The zero-order valence-corrected chi connectivity index (χ0v) is 14.1. The molecular formula is C16H17Cl2NOS. The molecule has 1 aliphatic rings. The van der Waals surface area contributed by atoms with Gasteiger partial charge >= 0.3 is 0 Å². The smallest absolute Gasteiger partial charge is 0.146 e. The molecule has 1 aliphatic heterocycles. The lowest BCUT2D eigenvalue weighted by atomic mass is 10.1. The third-order valence-corrected chi connectivity index (χ3v) is 5.60. The van der Waals surface area contributed by atoms with E-state index in [0.29, 0.717) is 10.0 Å². The van der Waals surface area contributed by atoms with E-state index in [1.54, 1.807) is 23.5 Å². The van der Waals surface area contributed by atoms with Gasteiger partial charge in [0.2, 0.25) is 0 Å². The molecule has 0 saturated carbocycles. The van der Waals surface area contributed by atoms with E-state index in [9.17, 15) is 0 Å². The lowest BCUT2D eigenvalue weighted by molar-refractivity contribution is 0.147. The van der Waals surface area contributed by atoms with E-state index in [2.05, 4.69) is 23.3 Å². The molecule has 2 aromatic rings. The molecular weight excluding hydrogens is 325 g/mol. The molecule has 3 rings (SSSR count). The molecule has 2 nitrogen and oxygen atoms in total. The summed E-state index contributed by atoms with van der Waals surface area (Å²) in [7, 11) is 0. The van der Waals surface area contributed by atoms with Crippen molar-refractivity contribution in [2.24, 2.45) is 0 Å². The van der Waals surface area contributed by atoms with Crippen molar-refractivity contribution in [2.75, 3.05) is 19.6 Å². The summed E-state index contributed by atoms with van der Waals surface area (Å²) >= 11 is 13.8. The predicted octanol–water partition coefficient (Wildman–Crippen LogP) is 5.05. The van der Waals surface area contributed by atoms with Crippen LogP contribution in [0.4, 0.5) is 0 Å². The number of benzene rings is 1. The van der Waals surface area contributed by atoms with Crippen LogP contribution in [0.3, 0.4) is 0 Å². The predicted molar refractivity (Wildman–Crippen MR) is 90.0 cm³/mol. The molecule has 1 unspecified atom stereocenters. The minimum Gasteiger partial charge on any atom is -0.483 e. The van der Waals surface area contributed by atoms with Gasteiger partial charge in [-0.1, -0.05) is 30.1 Å². The molecule has 5 heteroatoms. The zero-order valence-electron chi connectivity index (χ0n) is 11.8. The van der Waals surface area contributed by atoms with E-state index in [-0.39, 0.29) is 6.10 Å². The van der Waals surface area contributed by atoms with E-state index >= 15 is 0 Å². The zero-order chi connectivity index (χ0) is 14.8. The Morgan fingerprint density at radius 2 is 2.14 bits per heavy atom. The molecule has 0 N–H and O–H groups in total. The van der Waals surface area contributed by atoms with E-state index in [0.717, 1.165) is 31.8 Å². The van der Waals surface area contributed by atoms with Gasteiger partial charge in [-0.15, -0.1) is 11.3 Å². The first-order valence-corrected chi connectivity index (χ1v) is 8.71. The highest BCUT2D eigenvalue weighted by Gasteiger charge is 2.25. The van der Waals surface area contributed by atoms with Crippen LogP contribution < -0.4 is 4.74 Å². The lowest BCUT2D eigenvalue weighted by Gasteiger charge is -2.24. The van der Waals surface area contributed by atoms with E-state index < -0.39 is 0 Å². The number of hydrogen-bond donors (Lipinski definition) is 0. The maximum atomic E-state index is 6.21. The summed E-state index contributed by atoms with van der Waals surface area (Å²) in [4.78, 5) is 3.76. The van der Waals surface area contributed by atoms with Crippen LogP contribution in [-0.2, 0) is 6.42 Å². The van der Waals surface area contributed by atoms with Crippen molar-refractivity contribution in [3.63, 3.8) is 0 Å². The van der Waals surface area contributed by atoms with Gasteiger partial charge in [-0.3, -0.25) is 4.90 Å². The van der Waals surface area contributed by atoms with E-state index in [1.165, 1.54) is 10.4 Å². The highest BCUT2D eigenvalue weighted by molar-refractivity contribution is 7.10. The lowest BCUT2D eigenvalue weighted by Crippen LogP contribution is -2.29. The Morgan fingerprint density at radius 3 is 2.90 bits per heavy atom. The third kappa shape index (κ3) is 3.37. The molecule has 0 fully saturated rings. The van der Waals surface area contributed by atoms with Crippen molar-refractivity contribution in [2.45, 2.75) is 19.4 Å². The van der Waals surface area contributed by atoms with Crippen molar-refractivity contribution < 1.29 is 4.74 Å². The van der Waals surface area contributed by atoms with Crippen molar-refractivity contribution in [3.05, 3.63) is 50.1 Å². The van der Waals surface area contributed by atoms with Crippen LogP contribution in [0.2, 0.25) is 10.0 Å². The number of likely N-dealkylation sites (N-methyl/N-ethyl adjacent to an activating group) is 1. The highest BCUT2D eigenvalue weighted by Crippen LogP contribution is 2.34. The SMILES string of the molecule is CCN1CCc2ccsc2C(Oc2ccc(Cl)c(Cl)c2)C1. The average molecular weight is 342 g/mol. The number of halogens is 2. The van der Waals surface area contributed by atoms with Gasteiger partial charge < -0.3 is 4.74 Å². The normalized spacial score (nSPS) is 19.1. The quantitative estimate of drug-likeness (QED) is 0.774. The molecule has 0 saturated heterocycles. The molecule has 1 aromatic carbocycles. The third-order valence-electron chi connectivity index (χ3n) is 3.81. The number of thiophene rings is 1. The Hall–Kier alpha value is -0.740.